The minimum Gasteiger partial charge on any atom is -0.267 e. The van der Waals surface area contributed by atoms with Gasteiger partial charge in [0.15, 0.2) is 4.83 Å². The SMILES string of the molecule is Cc1cc2c(=O)n(Cc3nc(Cl)cs3)nnc2s1. The number of fused-ring (bicyclic) bond motifs is 1. The number of hydrogen-bond acceptors (Lipinski definition) is 6. The predicted octanol–water partition coefficient (Wildman–Crippen LogP) is 2.32. The molecule has 0 aliphatic heterocycles. The fourth-order valence-electron chi connectivity index (χ4n) is 1.60. The molecule has 0 N–H and O–H groups in total. The van der Waals surface area contributed by atoms with Crippen LogP contribution in [0.4, 0.5) is 0 Å². The van der Waals surface area contributed by atoms with Gasteiger partial charge in [-0.25, -0.2) is 9.67 Å². The van der Waals surface area contributed by atoms with Gasteiger partial charge in [-0.15, -0.1) is 27.8 Å². The van der Waals surface area contributed by atoms with E-state index in [1.54, 1.807) is 5.38 Å². The van der Waals surface area contributed by atoms with Crippen molar-refractivity contribution < 1.29 is 0 Å². The quantitative estimate of drug-likeness (QED) is 0.728. The van der Waals surface area contributed by atoms with Crippen molar-refractivity contribution in [3.8, 4) is 0 Å². The first-order valence-electron chi connectivity index (χ1n) is 5.07. The van der Waals surface area contributed by atoms with E-state index in [1.165, 1.54) is 27.4 Å². The first kappa shape index (κ1) is 11.8. The number of hydrogen-bond donors (Lipinski definition) is 0. The zero-order valence-electron chi connectivity index (χ0n) is 9.25. The van der Waals surface area contributed by atoms with Crippen LogP contribution in [0, 0.1) is 6.92 Å². The number of thiazole rings is 1. The number of thiophene rings is 1. The summed E-state index contributed by atoms with van der Waals surface area (Å²) in [6, 6.07) is 1.84. The minimum absolute atomic E-state index is 0.143. The Bertz CT molecular complexity index is 776. The van der Waals surface area contributed by atoms with E-state index < -0.39 is 0 Å². The van der Waals surface area contributed by atoms with E-state index in [0.29, 0.717) is 21.9 Å². The van der Waals surface area contributed by atoms with Gasteiger partial charge in [0.1, 0.15) is 10.2 Å². The maximum Gasteiger partial charge on any atom is 0.278 e. The van der Waals surface area contributed by atoms with Crippen molar-refractivity contribution in [2.45, 2.75) is 13.5 Å². The lowest BCUT2D eigenvalue weighted by Gasteiger charge is -1.99. The van der Waals surface area contributed by atoms with Crippen LogP contribution >= 0.6 is 34.3 Å². The average molecular weight is 299 g/mol. The third kappa shape index (κ3) is 2.05. The Kier molecular flexibility index (Phi) is 2.89. The number of aryl methyl sites for hydroxylation is 1. The summed E-state index contributed by atoms with van der Waals surface area (Å²) in [5.74, 6) is 0. The molecule has 92 valence electrons. The molecule has 8 heteroatoms. The molecule has 0 aliphatic carbocycles. The van der Waals surface area contributed by atoms with Crippen LogP contribution in [0.3, 0.4) is 0 Å². The Morgan fingerprint density at radius 3 is 3.06 bits per heavy atom. The fourth-order valence-corrected chi connectivity index (χ4v) is 3.33. The Morgan fingerprint density at radius 2 is 2.33 bits per heavy atom. The van der Waals surface area contributed by atoms with Crippen LogP contribution in [0.1, 0.15) is 9.88 Å². The average Bonchev–Trinajstić information content (AvgIpc) is 2.89. The smallest absolute Gasteiger partial charge is 0.267 e. The van der Waals surface area contributed by atoms with Gasteiger partial charge in [0.25, 0.3) is 5.56 Å². The van der Waals surface area contributed by atoms with Crippen LogP contribution in [0.25, 0.3) is 10.2 Å². The Balaban J connectivity index is 2.07. The van der Waals surface area contributed by atoms with Crippen molar-refractivity contribution >= 4 is 44.5 Å². The van der Waals surface area contributed by atoms with E-state index in [2.05, 4.69) is 15.3 Å². The number of halogens is 1. The van der Waals surface area contributed by atoms with Crippen LogP contribution in [-0.4, -0.2) is 20.0 Å². The van der Waals surface area contributed by atoms with Crippen LogP contribution in [0.15, 0.2) is 16.2 Å². The second-order valence-corrected chi connectivity index (χ2v) is 6.26. The van der Waals surface area contributed by atoms with Crippen LogP contribution < -0.4 is 5.56 Å². The highest BCUT2D eigenvalue weighted by Crippen LogP contribution is 2.19. The molecule has 3 aromatic heterocycles. The Hall–Kier alpha value is -1.31. The summed E-state index contributed by atoms with van der Waals surface area (Å²) >= 11 is 8.60. The predicted molar refractivity (Wildman–Crippen MR) is 72.6 cm³/mol. The van der Waals surface area contributed by atoms with Gasteiger partial charge in [-0.05, 0) is 13.0 Å². The summed E-state index contributed by atoms with van der Waals surface area (Å²) in [6.45, 7) is 2.24. The number of aromatic nitrogens is 4. The molecule has 0 spiro atoms. The fraction of sp³-hybridized carbons (Fsp3) is 0.200. The molecule has 3 aromatic rings. The second kappa shape index (κ2) is 4.42. The Morgan fingerprint density at radius 1 is 1.50 bits per heavy atom. The molecule has 0 fully saturated rings. The summed E-state index contributed by atoms with van der Waals surface area (Å²) in [6.07, 6.45) is 0. The monoisotopic (exact) mass is 298 g/mol. The minimum atomic E-state index is -0.143. The van der Waals surface area contributed by atoms with Crippen molar-refractivity contribution in [3.05, 3.63) is 36.8 Å². The van der Waals surface area contributed by atoms with E-state index in [-0.39, 0.29) is 5.56 Å². The standard InChI is InChI=1S/C10H7ClN4OS2/c1-5-2-6-9(18-5)13-14-15(10(6)16)3-8-12-7(11)4-17-8/h2,4H,3H2,1H3. The van der Waals surface area contributed by atoms with Gasteiger partial charge in [0, 0.05) is 10.3 Å². The zero-order valence-corrected chi connectivity index (χ0v) is 11.6. The van der Waals surface area contributed by atoms with Gasteiger partial charge in [-0.3, -0.25) is 4.79 Å². The molecule has 0 saturated carbocycles. The molecule has 0 atom stereocenters. The van der Waals surface area contributed by atoms with E-state index in [0.717, 1.165) is 9.88 Å². The largest absolute Gasteiger partial charge is 0.278 e. The lowest BCUT2D eigenvalue weighted by molar-refractivity contribution is 0.600. The van der Waals surface area contributed by atoms with Crippen LogP contribution in [-0.2, 0) is 6.54 Å². The van der Waals surface area contributed by atoms with Crippen molar-refractivity contribution in [2.75, 3.05) is 0 Å². The topological polar surface area (TPSA) is 60.7 Å². The van der Waals surface area contributed by atoms with E-state index >= 15 is 0 Å². The first-order valence-corrected chi connectivity index (χ1v) is 7.15. The van der Waals surface area contributed by atoms with Gasteiger partial charge < -0.3 is 0 Å². The van der Waals surface area contributed by atoms with Gasteiger partial charge in [0.2, 0.25) is 0 Å². The van der Waals surface area contributed by atoms with Crippen LogP contribution in [0.5, 0.6) is 0 Å². The molecule has 0 bridgehead atoms. The molecule has 18 heavy (non-hydrogen) atoms. The molecular weight excluding hydrogens is 292 g/mol. The van der Waals surface area contributed by atoms with Gasteiger partial charge in [0.05, 0.1) is 11.9 Å². The van der Waals surface area contributed by atoms with Gasteiger partial charge in [-0.1, -0.05) is 16.8 Å². The highest BCUT2D eigenvalue weighted by atomic mass is 35.5. The summed E-state index contributed by atoms with van der Waals surface area (Å²) in [7, 11) is 0. The highest BCUT2D eigenvalue weighted by molar-refractivity contribution is 7.18. The summed E-state index contributed by atoms with van der Waals surface area (Å²) < 4.78 is 1.31. The molecule has 0 aromatic carbocycles. The molecule has 0 saturated heterocycles. The van der Waals surface area contributed by atoms with Crippen LogP contribution in [0.2, 0.25) is 5.15 Å². The first-order chi connectivity index (χ1) is 8.63. The van der Waals surface area contributed by atoms with Gasteiger partial charge in [-0.2, -0.15) is 0 Å². The molecule has 0 aliphatic rings. The van der Waals surface area contributed by atoms with E-state index in [4.69, 9.17) is 11.6 Å². The third-order valence-corrected chi connectivity index (χ3v) is 4.44. The molecule has 0 unspecified atom stereocenters. The maximum atomic E-state index is 12.2. The van der Waals surface area contributed by atoms with Crippen molar-refractivity contribution in [1.82, 2.24) is 20.0 Å². The number of rotatable bonds is 2. The molecule has 0 radical (unpaired) electrons. The van der Waals surface area contributed by atoms with E-state index in [1.807, 2.05) is 13.0 Å². The summed E-state index contributed by atoms with van der Waals surface area (Å²) in [5, 5.41) is 11.5. The van der Waals surface area contributed by atoms with Crippen molar-refractivity contribution in [3.63, 3.8) is 0 Å². The zero-order chi connectivity index (χ0) is 12.7. The molecular formula is C10H7ClN4OS2. The molecule has 5 nitrogen and oxygen atoms in total. The molecule has 0 amide bonds. The lowest BCUT2D eigenvalue weighted by atomic mass is 10.4. The third-order valence-electron chi connectivity index (χ3n) is 2.35. The normalized spacial score (nSPS) is 11.2. The second-order valence-electron chi connectivity index (χ2n) is 3.69. The van der Waals surface area contributed by atoms with Gasteiger partial charge >= 0.3 is 0 Å². The van der Waals surface area contributed by atoms with Crippen molar-refractivity contribution in [2.24, 2.45) is 0 Å². The molecule has 3 heterocycles. The highest BCUT2D eigenvalue weighted by Gasteiger charge is 2.10. The van der Waals surface area contributed by atoms with Crippen molar-refractivity contribution in [1.29, 1.82) is 0 Å². The lowest BCUT2D eigenvalue weighted by Crippen LogP contribution is -2.24. The summed E-state index contributed by atoms with van der Waals surface area (Å²) in [4.78, 5) is 18.0. The Labute approximate surface area is 115 Å². The maximum absolute atomic E-state index is 12.2. The van der Waals surface area contributed by atoms with E-state index in [9.17, 15) is 4.79 Å². The molecule has 3 rings (SSSR count). The number of nitrogens with zero attached hydrogens (tertiary/aromatic N) is 4. The summed E-state index contributed by atoms with van der Waals surface area (Å²) in [5.41, 5.74) is -0.143.